The molecule has 21 heavy (non-hydrogen) atoms. The minimum Gasteiger partial charge on any atom is -0.310 e. The summed E-state index contributed by atoms with van der Waals surface area (Å²) in [7, 11) is 0. The second-order valence-electron chi connectivity index (χ2n) is 5.91. The zero-order chi connectivity index (χ0) is 14.7. The fraction of sp³-hybridized carbons (Fsp3) is 0.500. The molecule has 0 bridgehead atoms. The highest BCUT2D eigenvalue weighted by molar-refractivity contribution is 5.68. The fourth-order valence-corrected chi connectivity index (χ4v) is 3.31. The van der Waals surface area contributed by atoms with E-state index >= 15 is 0 Å². The average molecular weight is 283 g/mol. The highest BCUT2D eigenvalue weighted by Gasteiger charge is 2.24. The Hall–Kier alpha value is -1.61. The van der Waals surface area contributed by atoms with Crippen molar-refractivity contribution in [1.29, 1.82) is 0 Å². The predicted octanol–water partition coefficient (Wildman–Crippen LogP) is 3.95. The van der Waals surface area contributed by atoms with Crippen LogP contribution in [0.15, 0.2) is 30.6 Å². The van der Waals surface area contributed by atoms with E-state index in [1.807, 2.05) is 6.20 Å². The maximum Gasteiger partial charge on any atom is 0.0568 e. The first-order valence-corrected chi connectivity index (χ1v) is 8.21. The van der Waals surface area contributed by atoms with E-state index in [2.05, 4.69) is 53.3 Å². The summed E-state index contributed by atoms with van der Waals surface area (Å²) in [6, 6.07) is 7.26. The van der Waals surface area contributed by atoms with Crippen molar-refractivity contribution < 1.29 is 0 Å². The van der Waals surface area contributed by atoms with Crippen LogP contribution in [0.3, 0.4) is 0 Å². The molecule has 1 aromatic carbocycles. The van der Waals surface area contributed by atoms with E-state index in [4.69, 9.17) is 0 Å². The van der Waals surface area contributed by atoms with Gasteiger partial charge in [0.05, 0.1) is 6.20 Å². The summed E-state index contributed by atoms with van der Waals surface area (Å²) >= 11 is 0. The molecule has 0 amide bonds. The molecular weight excluding hydrogens is 258 g/mol. The Morgan fingerprint density at radius 2 is 2.19 bits per heavy atom. The number of hydrogen-bond acceptors (Lipinski definition) is 2. The zero-order valence-electron chi connectivity index (χ0n) is 13.1. The third-order valence-electron chi connectivity index (χ3n) is 4.31. The minimum absolute atomic E-state index is 0.533. The summed E-state index contributed by atoms with van der Waals surface area (Å²) in [4.78, 5) is 0. The van der Waals surface area contributed by atoms with Gasteiger partial charge in [-0.25, -0.2) is 0 Å². The van der Waals surface area contributed by atoms with Crippen molar-refractivity contribution in [3.05, 3.63) is 41.7 Å². The molecule has 0 aliphatic heterocycles. The van der Waals surface area contributed by atoms with Crippen LogP contribution >= 0.6 is 0 Å². The molecule has 1 aromatic heterocycles. The molecule has 1 aliphatic rings. The maximum absolute atomic E-state index is 4.48. The van der Waals surface area contributed by atoms with E-state index in [1.165, 1.54) is 41.5 Å². The van der Waals surface area contributed by atoms with Crippen LogP contribution in [0.25, 0.3) is 11.1 Å². The molecule has 0 saturated carbocycles. The summed E-state index contributed by atoms with van der Waals surface area (Å²) < 4.78 is 2.05. The van der Waals surface area contributed by atoms with Gasteiger partial charge in [-0.3, -0.25) is 4.68 Å². The van der Waals surface area contributed by atoms with E-state index in [1.54, 1.807) is 0 Å². The molecule has 2 aromatic rings. The van der Waals surface area contributed by atoms with Crippen LogP contribution in [0.2, 0.25) is 0 Å². The molecule has 3 nitrogen and oxygen atoms in total. The molecular formula is C18H25N3. The lowest BCUT2D eigenvalue weighted by atomic mass is 9.98. The first kappa shape index (κ1) is 14.3. The van der Waals surface area contributed by atoms with E-state index in [9.17, 15) is 0 Å². The van der Waals surface area contributed by atoms with Crippen molar-refractivity contribution in [3.8, 4) is 11.1 Å². The van der Waals surface area contributed by atoms with Crippen LogP contribution in [0.5, 0.6) is 0 Å². The third-order valence-corrected chi connectivity index (χ3v) is 4.31. The molecule has 0 radical (unpaired) electrons. The van der Waals surface area contributed by atoms with Crippen molar-refractivity contribution in [2.45, 2.75) is 52.1 Å². The molecule has 0 spiro atoms. The Balaban J connectivity index is 1.89. The van der Waals surface area contributed by atoms with Crippen LogP contribution in [0, 0.1) is 0 Å². The van der Waals surface area contributed by atoms with Gasteiger partial charge in [0.2, 0.25) is 0 Å². The number of nitrogens with one attached hydrogen (secondary N) is 1. The summed E-state index contributed by atoms with van der Waals surface area (Å²) in [5.41, 5.74) is 5.64. The van der Waals surface area contributed by atoms with E-state index in [-0.39, 0.29) is 0 Å². The number of hydrogen-bond donors (Lipinski definition) is 1. The lowest BCUT2D eigenvalue weighted by molar-refractivity contribution is 0.529. The zero-order valence-corrected chi connectivity index (χ0v) is 13.1. The molecule has 1 aliphatic carbocycles. The average Bonchev–Trinajstić information content (AvgIpc) is 3.12. The van der Waals surface area contributed by atoms with Crippen molar-refractivity contribution in [2.75, 3.05) is 6.54 Å². The first-order valence-electron chi connectivity index (χ1n) is 8.21. The summed E-state index contributed by atoms with van der Waals surface area (Å²) in [5.74, 6) is 0. The lowest BCUT2D eigenvalue weighted by Gasteiger charge is -2.14. The van der Waals surface area contributed by atoms with Gasteiger partial charge in [-0.2, -0.15) is 5.10 Å². The van der Waals surface area contributed by atoms with Crippen molar-refractivity contribution in [1.82, 2.24) is 15.1 Å². The van der Waals surface area contributed by atoms with Crippen molar-refractivity contribution in [3.63, 3.8) is 0 Å². The van der Waals surface area contributed by atoms with E-state index < -0.39 is 0 Å². The number of aryl methyl sites for hydroxylation is 1. The van der Waals surface area contributed by atoms with Crippen LogP contribution in [0.1, 0.15) is 50.3 Å². The van der Waals surface area contributed by atoms with Crippen molar-refractivity contribution in [2.24, 2.45) is 0 Å². The monoisotopic (exact) mass is 283 g/mol. The van der Waals surface area contributed by atoms with Gasteiger partial charge >= 0.3 is 0 Å². The molecule has 1 unspecified atom stereocenters. The SMILES string of the molecule is CCCNC1CCc2c(-c3cnn(CCC)c3)cccc21. The molecule has 0 fully saturated rings. The Bertz CT molecular complexity index is 600. The van der Waals surface area contributed by atoms with Gasteiger partial charge in [-0.1, -0.05) is 32.0 Å². The quantitative estimate of drug-likeness (QED) is 0.870. The number of aromatic nitrogens is 2. The summed E-state index contributed by atoms with van der Waals surface area (Å²) in [5, 5.41) is 8.15. The minimum atomic E-state index is 0.533. The van der Waals surface area contributed by atoms with Gasteiger partial charge < -0.3 is 5.32 Å². The maximum atomic E-state index is 4.48. The smallest absolute Gasteiger partial charge is 0.0568 e. The fourth-order valence-electron chi connectivity index (χ4n) is 3.31. The summed E-state index contributed by atoms with van der Waals surface area (Å²) in [6.07, 6.45) is 8.90. The lowest BCUT2D eigenvalue weighted by Crippen LogP contribution is -2.19. The third kappa shape index (κ3) is 2.88. The molecule has 0 saturated heterocycles. The van der Waals surface area contributed by atoms with Gasteiger partial charge in [-0.05, 0) is 48.9 Å². The van der Waals surface area contributed by atoms with Gasteiger partial charge in [0.15, 0.2) is 0 Å². The van der Waals surface area contributed by atoms with E-state index in [0.29, 0.717) is 6.04 Å². The standard InChI is InChI=1S/C18H25N3/c1-3-10-19-18-9-8-16-15(6-5-7-17(16)18)14-12-20-21(13-14)11-4-2/h5-7,12-13,18-19H,3-4,8-11H2,1-2H3. The Labute approximate surface area is 127 Å². The van der Waals surface area contributed by atoms with Gasteiger partial charge in [-0.15, -0.1) is 0 Å². The first-order chi connectivity index (χ1) is 10.3. The van der Waals surface area contributed by atoms with E-state index in [0.717, 1.165) is 19.5 Å². The van der Waals surface area contributed by atoms with Crippen LogP contribution in [-0.4, -0.2) is 16.3 Å². The van der Waals surface area contributed by atoms with Gasteiger partial charge in [0.1, 0.15) is 0 Å². The Kier molecular flexibility index (Phi) is 4.39. The largest absolute Gasteiger partial charge is 0.310 e. The molecule has 1 atom stereocenters. The topological polar surface area (TPSA) is 29.9 Å². The summed E-state index contributed by atoms with van der Waals surface area (Å²) in [6.45, 7) is 6.51. The normalized spacial score (nSPS) is 17.1. The number of rotatable bonds is 6. The van der Waals surface area contributed by atoms with Crippen LogP contribution in [0.4, 0.5) is 0 Å². The molecule has 1 N–H and O–H groups in total. The second-order valence-corrected chi connectivity index (χ2v) is 5.91. The molecule has 3 rings (SSSR count). The van der Waals surface area contributed by atoms with Crippen LogP contribution in [-0.2, 0) is 13.0 Å². The predicted molar refractivity (Wildman–Crippen MR) is 87.3 cm³/mol. The second kappa shape index (κ2) is 6.44. The van der Waals surface area contributed by atoms with Gasteiger partial charge in [0.25, 0.3) is 0 Å². The number of benzene rings is 1. The Morgan fingerprint density at radius 1 is 1.29 bits per heavy atom. The Morgan fingerprint density at radius 3 is 3.00 bits per heavy atom. The van der Waals surface area contributed by atoms with Crippen LogP contribution < -0.4 is 5.32 Å². The van der Waals surface area contributed by atoms with Crippen molar-refractivity contribution >= 4 is 0 Å². The van der Waals surface area contributed by atoms with Gasteiger partial charge in [0, 0.05) is 24.3 Å². The number of fused-ring (bicyclic) bond motifs is 1. The highest BCUT2D eigenvalue weighted by atomic mass is 15.3. The number of nitrogens with zero attached hydrogens (tertiary/aromatic N) is 2. The molecule has 112 valence electrons. The molecule has 1 heterocycles. The highest BCUT2D eigenvalue weighted by Crippen LogP contribution is 2.37. The molecule has 3 heteroatoms.